The van der Waals surface area contributed by atoms with Gasteiger partial charge in [0.15, 0.2) is 6.61 Å². The van der Waals surface area contributed by atoms with E-state index < -0.39 is 5.97 Å². The van der Waals surface area contributed by atoms with Gasteiger partial charge in [-0.3, -0.25) is 14.5 Å². The number of hydrogen-bond acceptors (Lipinski definition) is 3. The van der Waals surface area contributed by atoms with Gasteiger partial charge in [-0.2, -0.15) is 0 Å². The van der Waals surface area contributed by atoms with Crippen molar-refractivity contribution in [3.05, 3.63) is 21.8 Å². The van der Waals surface area contributed by atoms with Crippen LogP contribution in [0, 0.1) is 3.57 Å². The molecule has 0 spiro atoms. The number of carboxylic acid groups (broad SMARTS) is 1. The first-order valence-electron chi connectivity index (χ1n) is 4.52. The number of nitrogens with zero attached hydrogens (tertiary/aromatic N) is 1. The van der Waals surface area contributed by atoms with Crippen LogP contribution in [0.5, 0.6) is 5.75 Å². The van der Waals surface area contributed by atoms with Gasteiger partial charge in [0.1, 0.15) is 12.3 Å². The van der Waals surface area contributed by atoms with Crippen molar-refractivity contribution >= 4 is 40.2 Å². The number of fused-ring (bicyclic) bond motifs is 1. The van der Waals surface area contributed by atoms with Gasteiger partial charge < -0.3 is 9.84 Å². The molecule has 1 aliphatic rings. The minimum atomic E-state index is -1.04. The lowest BCUT2D eigenvalue weighted by Gasteiger charge is -2.28. The number of carbonyl (C=O) groups is 2. The molecule has 0 saturated carbocycles. The van der Waals surface area contributed by atoms with Crippen molar-refractivity contribution < 1.29 is 19.4 Å². The van der Waals surface area contributed by atoms with E-state index in [4.69, 9.17) is 9.84 Å². The summed E-state index contributed by atoms with van der Waals surface area (Å²) >= 11 is 2.10. The summed E-state index contributed by atoms with van der Waals surface area (Å²) in [4.78, 5) is 23.4. The fourth-order valence-electron chi connectivity index (χ4n) is 1.48. The van der Waals surface area contributed by atoms with E-state index in [0.29, 0.717) is 11.4 Å². The second-order valence-corrected chi connectivity index (χ2v) is 4.52. The fraction of sp³-hybridized carbons (Fsp3) is 0.200. The first kappa shape index (κ1) is 11.2. The van der Waals surface area contributed by atoms with Crippen LogP contribution < -0.4 is 9.64 Å². The summed E-state index contributed by atoms with van der Waals surface area (Å²) in [6.07, 6.45) is 0. The molecule has 0 atom stereocenters. The summed E-state index contributed by atoms with van der Waals surface area (Å²) in [5.41, 5.74) is 0.519. The van der Waals surface area contributed by atoms with Gasteiger partial charge in [-0.25, -0.2) is 0 Å². The first-order chi connectivity index (χ1) is 7.58. The number of halogens is 1. The van der Waals surface area contributed by atoms with Crippen molar-refractivity contribution in [2.45, 2.75) is 0 Å². The quantitative estimate of drug-likeness (QED) is 0.823. The third-order valence-corrected chi connectivity index (χ3v) is 2.83. The van der Waals surface area contributed by atoms with Crippen molar-refractivity contribution in [2.24, 2.45) is 0 Å². The molecule has 1 aromatic rings. The molecule has 2 rings (SSSR count). The molecule has 0 unspecified atom stereocenters. The van der Waals surface area contributed by atoms with E-state index in [9.17, 15) is 9.59 Å². The molecule has 1 amide bonds. The molecule has 0 radical (unpaired) electrons. The zero-order valence-corrected chi connectivity index (χ0v) is 10.3. The summed E-state index contributed by atoms with van der Waals surface area (Å²) in [5, 5.41) is 8.74. The smallest absolute Gasteiger partial charge is 0.323 e. The predicted octanol–water partition coefficient (Wildman–Crippen LogP) is 1.10. The van der Waals surface area contributed by atoms with E-state index in [2.05, 4.69) is 22.6 Å². The van der Waals surface area contributed by atoms with Crippen molar-refractivity contribution in [2.75, 3.05) is 18.1 Å². The van der Waals surface area contributed by atoms with Crippen molar-refractivity contribution in [1.82, 2.24) is 0 Å². The topological polar surface area (TPSA) is 66.8 Å². The van der Waals surface area contributed by atoms with Gasteiger partial charge in [0.2, 0.25) is 0 Å². The maximum absolute atomic E-state index is 11.5. The molecule has 5 nitrogen and oxygen atoms in total. The summed E-state index contributed by atoms with van der Waals surface area (Å²) in [6.45, 7) is -0.448. The highest BCUT2D eigenvalue weighted by Crippen LogP contribution is 2.33. The summed E-state index contributed by atoms with van der Waals surface area (Å²) in [5.74, 6) is -0.835. The molecular formula is C10H8INO4. The molecule has 1 heterocycles. The number of hydrogen-bond donors (Lipinski definition) is 1. The molecule has 1 N–H and O–H groups in total. The predicted molar refractivity (Wildman–Crippen MR) is 64.6 cm³/mol. The number of rotatable bonds is 2. The number of benzene rings is 1. The number of amides is 1. The van der Waals surface area contributed by atoms with Gasteiger partial charge in [0.25, 0.3) is 5.91 Å². The van der Waals surface area contributed by atoms with E-state index in [0.717, 1.165) is 3.57 Å². The van der Waals surface area contributed by atoms with E-state index in [1.807, 2.05) is 6.07 Å². The maximum atomic E-state index is 11.5. The lowest BCUT2D eigenvalue weighted by atomic mass is 10.2. The normalized spacial score (nSPS) is 14.3. The molecule has 0 saturated heterocycles. The Balaban J connectivity index is 2.42. The molecule has 0 fully saturated rings. The third-order valence-electron chi connectivity index (χ3n) is 2.16. The summed E-state index contributed by atoms with van der Waals surface area (Å²) in [6, 6.07) is 5.31. The van der Waals surface area contributed by atoms with E-state index in [-0.39, 0.29) is 19.1 Å². The Morgan fingerprint density at radius 3 is 3.00 bits per heavy atom. The van der Waals surface area contributed by atoms with Crippen LogP contribution in [0.3, 0.4) is 0 Å². The van der Waals surface area contributed by atoms with Crippen LogP contribution >= 0.6 is 22.6 Å². The molecule has 16 heavy (non-hydrogen) atoms. The Morgan fingerprint density at radius 2 is 2.31 bits per heavy atom. The van der Waals surface area contributed by atoms with Gasteiger partial charge in [-0.1, -0.05) is 0 Å². The van der Waals surface area contributed by atoms with Crippen LogP contribution in [-0.2, 0) is 9.59 Å². The van der Waals surface area contributed by atoms with Crippen molar-refractivity contribution in [3.8, 4) is 5.75 Å². The largest absolute Gasteiger partial charge is 0.482 e. The van der Waals surface area contributed by atoms with Crippen LogP contribution in [0.2, 0.25) is 0 Å². The summed E-state index contributed by atoms with van der Waals surface area (Å²) in [7, 11) is 0. The number of anilines is 1. The van der Waals surface area contributed by atoms with Crippen LogP contribution in [0.15, 0.2) is 18.2 Å². The lowest BCUT2D eigenvalue weighted by Crippen LogP contribution is -2.41. The Kier molecular flexibility index (Phi) is 2.99. The molecule has 1 aliphatic heterocycles. The number of ether oxygens (including phenoxy) is 1. The minimum Gasteiger partial charge on any atom is -0.482 e. The zero-order chi connectivity index (χ0) is 11.7. The molecule has 6 heteroatoms. The van der Waals surface area contributed by atoms with E-state index in [1.165, 1.54) is 4.90 Å². The van der Waals surface area contributed by atoms with Gasteiger partial charge in [0, 0.05) is 3.57 Å². The first-order valence-corrected chi connectivity index (χ1v) is 5.60. The molecule has 0 aromatic heterocycles. The second kappa shape index (κ2) is 4.28. The maximum Gasteiger partial charge on any atom is 0.323 e. The van der Waals surface area contributed by atoms with Gasteiger partial charge in [-0.15, -0.1) is 0 Å². The van der Waals surface area contributed by atoms with Crippen LogP contribution in [-0.4, -0.2) is 30.1 Å². The SMILES string of the molecule is O=C(O)CN1C(=O)COc2ccc(I)cc21. The highest BCUT2D eigenvalue weighted by molar-refractivity contribution is 14.1. The lowest BCUT2D eigenvalue weighted by molar-refractivity contribution is -0.137. The molecule has 0 bridgehead atoms. The number of aliphatic carboxylic acids is 1. The van der Waals surface area contributed by atoms with Crippen LogP contribution in [0.1, 0.15) is 0 Å². The summed E-state index contributed by atoms with van der Waals surface area (Å²) < 4.78 is 6.14. The fourth-order valence-corrected chi connectivity index (χ4v) is 1.96. The Hall–Kier alpha value is -1.31. The zero-order valence-electron chi connectivity index (χ0n) is 8.14. The highest BCUT2D eigenvalue weighted by atomic mass is 127. The minimum absolute atomic E-state index is 0.110. The van der Waals surface area contributed by atoms with E-state index in [1.54, 1.807) is 12.1 Å². The number of carbonyl (C=O) groups excluding carboxylic acids is 1. The molecule has 0 aliphatic carbocycles. The standard InChI is InChI=1S/C10H8INO4/c11-6-1-2-8-7(3-6)12(4-10(14)15)9(13)5-16-8/h1-3H,4-5H2,(H,14,15). The number of carboxylic acids is 1. The second-order valence-electron chi connectivity index (χ2n) is 3.27. The Bertz CT molecular complexity index is 460. The Morgan fingerprint density at radius 1 is 1.56 bits per heavy atom. The van der Waals surface area contributed by atoms with Crippen LogP contribution in [0.4, 0.5) is 5.69 Å². The average molecular weight is 333 g/mol. The average Bonchev–Trinajstić information content (AvgIpc) is 2.22. The van der Waals surface area contributed by atoms with E-state index >= 15 is 0 Å². The molecule has 1 aromatic carbocycles. The van der Waals surface area contributed by atoms with Crippen molar-refractivity contribution in [1.29, 1.82) is 0 Å². The van der Waals surface area contributed by atoms with Gasteiger partial charge in [-0.05, 0) is 40.8 Å². The Labute approximate surface area is 105 Å². The molecule has 84 valence electrons. The monoisotopic (exact) mass is 333 g/mol. The third kappa shape index (κ3) is 2.11. The van der Waals surface area contributed by atoms with Gasteiger partial charge >= 0.3 is 5.97 Å². The van der Waals surface area contributed by atoms with Crippen molar-refractivity contribution in [3.63, 3.8) is 0 Å². The van der Waals surface area contributed by atoms with Crippen LogP contribution in [0.25, 0.3) is 0 Å². The highest BCUT2D eigenvalue weighted by Gasteiger charge is 2.27. The molecular weight excluding hydrogens is 325 g/mol. The van der Waals surface area contributed by atoms with Gasteiger partial charge in [0.05, 0.1) is 5.69 Å².